The predicted octanol–water partition coefficient (Wildman–Crippen LogP) is 2.63. The Morgan fingerprint density at radius 2 is 1.94 bits per heavy atom. The summed E-state index contributed by atoms with van der Waals surface area (Å²) in [4.78, 5) is 2.67. The second kappa shape index (κ2) is 5.05. The topological polar surface area (TPSA) is 29.3 Å². The third-order valence-corrected chi connectivity index (χ3v) is 4.64. The van der Waals surface area contributed by atoms with E-state index in [0.29, 0.717) is 11.5 Å². The van der Waals surface area contributed by atoms with Crippen LogP contribution in [0.2, 0.25) is 0 Å². The highest BCUT2D eigenvalue weighted by molar-refractivity contribution is 4.84. The van der Waals surface area contributed by atoms with Crippen molar-refractivity contribution in [3.63, 3.8) is 0 Å². The molecule has 2 atom stereocenters. The summed E-state index contributed by atoms with van der Waals surface area (Å²) < 4.78 is 0. The van der Waals surface area contributed by atoms with E-state index in [1.54, 1.807) is 0 Å². The Hall–Kier alpha value is -0.0800. The highest BCUT2D eigenvalue weighted by atomic mass is 15.1. The van der Waals surface area contributed by atoms with E-state index in [9.17, 15) is 0 Å². The van der Waals surface area contributed by atoms with Crippen LogP contribution in [0.15, 0.2) is 0 Å². The van der Waals surface area contributed by atoms with Crippen molar-refractivity contribution in [3.8, 4) is 0 Å². The highest BCUT2D eigenvalue weighted by Gasteiger charge is 2.28. The van der Waals surface area contributed by atoms with Crippen molar-refractivity contribution in [2.24, 2.45) is 17.1 Å². The van der Waals surface area contributed by atoms with Crippen LogP contribution < -0.4 is 5.73 Å². The monoisotopic (exact) mass is 224 g/mol. The maximum Gasteiger partial charge on any atom is 0.00793 e. The summed E-state index contributed by atoms with van der Waals surface area (Å²) in [6, 6.07) is 0.483. The number of nitrogens with zero attached hydrogens (tertiary/aromatic N) is 1. The Bertz CT molecular complexity index is 225. The molecule has 1 heterocycles. The van der Waals surface area contributed by atoms with Gasteiger partial charge >= 0.3 is 0 Å². The number of rotatable bonds is 2. The lowest BCUT2D eigenvalue weighted by Gasteiger charge is -2.27. The molecule has 0 aromatic heterocycles. The van der Waals surface area contributed by atoms with Crippen LogP contribution in [0, 0.1) is 11.3 Å². The minimum atomic E-state index is 0.483. The SMILES string of the molecule is CC1(C)CCCN(CC2CCCC2N)CC1. The summed E-state index contributed by atoms with van der Waals surface area (Å²) in [6.07, 6.45) is 8.08. The molecule has 0 aromatic carbocycles. The molecule has 0 spiro atoms. The largest absolute Gasteiger partial charge is 0.327 e. The summed E-state index contributed by atoms with van der Waals surface area (Å²) in [5.74, 6) is 0.779. The van der Waals surface area contributed by atoms with Crippen LogP contribution in [0.5, 0.6) is 0 Å². The van der Waals surface area contributed by atoms with Crippen LogP contribution in [0.25, 0.3) is 0 Å². The molecule has 94 valence electrons. The van der Waals surface area contributed by atoms with Gasteiger partial charge < -0.3 is 10.6 Å². The van der Waals surface area contributed by atoms with Crippen molar-refractivity contribution in [3.05, 3.63) is 0 Å². The fraction of sp³-hybridized carbons (Fsp3) is 1.00. The molecule has 16 heavy (non-hydrogen) atoms. The molecule has 1 saturated carbocycles. The fourth-order valence-corrected chi connectivity index (χ4v) is 3.29. The van der Waals surface area contributed by atoms with Crippen LogP contribution in [-0.2, 0) is 0 Å². The number of nitrogens with two attached hydrogens (primary N) is 1. The van der Waals surface area contributed by atoms with Gasteiger partial charge in [0, 0.05) is 12.6 Å². The van der Waals surface area contributed by atoms with Gasteiger partial charge in [-0.25, -0.2) is 0 Å². The van der Waals surface area contributed by atoms with Gasteiger partial charge in [0.05, 0.1) is 0 Å². The predicted molar refractivity (Wildman–Crippen MR) is 69.4 cm³/mol. The molecule has 2 nitrogen and oxygen atoms in total. The summed E-state index contributed by atoms with van der Waals surface area (Å²) >= 11 is 0. The van der Waals surface area contributed by atoms with Crippen LogP contribution in [0.3, 0.4) is 0 Å². The maximum absolute atomic E-state index is 6.16. The molecule has 2 unspecified atom stereocenters. The van der Waals surface area contributed by atoms with Gasteiger partial charge in [-0.15, -0.1) is 0 Å². The first-order chi connectivity index (χ1) is 7.57. The first kappa shape index (κ1) is 12.4. The van der Waals surface area contributed by atoms with Crippen molar-refractivity contribution >= 4 is 0 Å². The summed E-state index contributed by atoms with van der Waals surface area (Å²) in [5.41, 5.74) is 6.72. The first-order valence-electron chi connectivity index (χ1n) is 7.05. The van der Waals surface area contributed by atoms with Crippen molar-refractivity contribution in [2.75, 3.05) is 19.6 Å². The molecule has 1 aliphatic heterocycles. The van der Waals surface area contributed by atoms with E-state index in [1.807, 2.05) is 0 Å². The molecule has 0 radical (unpaired) electrons. The average Bonchev–Trinajstić information content (AvgIpc) is 2.52. The highest BCUT2D eigenvalue weighted by Crippen LogP contribution is 2.31. The molecule has 2 fully saturated rings. The molecule has 2 heteroatoms. The van der Waals surface area contributed by atoms with Crippen LogP contribution in [0.4, 0.5) is 0 Å². The van der Waals surface area contributed by atoms with Crippen LogP contribution in [0.1, 0.15) is 52.4 Å². The molecule has 2 N–H and O–H groups in total. The van der Waals surface area contributed by atoms with Gasteiger partial charge in [-0.1, -0.05) is 20.3 Å². The zero-order valence-electron chi connectivity index (χ0n) is 11.0. The molecule has 0 bridgehead atoms. The van der Waals surface area contributed by atoms with E-state index >= 15 is 0 Å². The van der Waals surface area contributed by atoms with Crippen LogP contribution >= 0.6 is 0 Å². The average molecular weight is 224 g/mol. The molecule has 2 aliphatic rings. The Balaban J connectivity index is 1.81. The van der Waals surface area contributed by atoms with E-state index in [1.165, 1.54) is 58.2 Å². The number of hydrogen-bond donors (Lipinski definition) is 1. The van der Waals surface area contributed by atoms with Gasteiger partial charge in [0.25, 0.3) is 0 Å². The van der Waals surface area contributed by atoms with Crippen LogP contribution in [-0.4, -0.2) is 30.6 Å². The minimum absolute atomic E-state index is 0.483. The zero-order valence-corrected chi connectivity index (χ0v) is 11.0. The van der Waals surface area contributed by atoms with Crippen molar-refractivity contribution in [2.45, 2.75) is 58.4 Å². The summed E-state index contributed by atoms with van der Waals surface area (Å²) in [6.45, 7) is 8.68. The van der Waals surface area contributed by atoms with Gasteiger partial charge in [0.1, 0.15) is 0 Å². The fourth-order valence-electron chi connectivity index (χ4n) is 3.29. The van der Waals surface area contributed by atoms with Crippen molar-refractivity contribution in [1.29, 1.82) is 0 Å². The molecular formula is C14H28N2. The van der Waals surface area contributed by atoms with E-state index < -0.39 is 0 Å². The Morgan fingerprint density at radius 3 is 2.62 bits per heavy atom. The molecular weight excluding hydrogens is 196 g/mol. The normalized spacial score (nSPS) is 36.2. The van der Waals surface area contributed by atoms with E-state index in [-0.39, 0.29) is 0 Å². The summed E-state index contributed by atoms with van der Waals surface area (Å²) in [5, 5.41) is 0. The number of hydrogen-bond acceptors (Lipinski definition) is 2. The molecule has 1 aliphatic carbocycles. The van der Waals surface area contributed by atoms with Gasteiger partial charge in [0.15, 0.2) is 0 Å². The van der Waals surface area contributed by atoms with Gasteiger partial charge in [-0.3, -0.25) is 0 Å². The minimum Gasteiger partial charge on any atom is -0.327 e. The summed E-state index contributed by atoms with van der Waals surface area (Å²) in [7, 11) is 0. The standard InChI is InChI=1S/C14H28N2/c1-14(2)7-4-9-16(10-8-14)11-12-5-3-6-13(12)15/h12-13H,3-11,15H2,1-2H3. The van der Waals surface area contributed by atoms with Crippen molar-refractivity contribution < 1.29 is 0 Å². The Labute approximate surface area is 101 Å². The van der Waals surface area contributed by atoms with Gasteiger partial charge in [-0.05, 0) is 56.5 Å². The van der Waals surface area contributed by atoms with Crippen molar-refractivity contribution in [1.82, 2.24) is 4.90 Å². The third kappa shape index (κ3) is 3.21. The first-order valence-corrected chi connectivity index (χ1v) is 7.05. The lowest BCUT2D eigenvalue weighted by molar-refractivity contribution is 0.220. The van der Waals surface area contributed by atoms with Gasteiger partial charge in [-0.2, -0.15) is 0 Å². The second-order valence-electron chi connectivity index (χ2n) is 6.67. The third-order valence-electron chi connectivity index (χ3n) is 4.64. The number of likely N-dealkylation sites (tertiary alicyclic amines) is 1. The van der Waals surface area contributed by atoms with Gasteiger partial charge in [0.2, 0.25) is 0 Å². The molecule has 0 aromatic rings. The molecule has 1 saturated heterocycles. The smallest absolute Gasteiger partial charge is 0.00793 e. The van der Waals surface area contributed by atoms with E-state index in [0.717, 1.165) is 5.92 Å². The zero-order chi connectivity index (χ0) is 11.6. The quantitative estimate of drug-likeness (QED) is 0.781. The maximum atomic E-state index is 6.16. The Kier molecular flexibility index (Phi) is 3.91. The second-order valence-corrected chi connectivity index (χ2v) is 6.67. The van der Waals surface area contributed by atoms with E-state index in [2.05, 4.69) is 18.7 Å². The molecule has 0 amide bonds. The van der Waals surface area contributed by atoms with E-state index in [4.69, 9.17) is 5.73 Å². The Morgan fingerprint density at radius 1 is 1.12 bits per heavy atom. The lowest BCUT2D eigenvalue weighted by Crippen LogP contribution is -2.37. The molecule has 2 rings (SSSR count). The lowest BCUT2D eigenvalue weighted by atomic mass is 9.85.